The lowest BCUT2D eigenvalue weighted by atomic mass is 10.1. The number of thiophene rings is 1. The predicted molar refractivity (Wildman–Crippen MR) is 86.5 cm³/mol. The zero-order valence-corrected chi connectivity index (χ0v) is 12.8. The molecule has 0 radical (unpaired) electrons. The van der Waals surface area contributed by atoms with E-state index in [-0.39, 0.29) is 18.6 Å². The van der Waals surface area contributed by atoms with E-state index in [9.17, 15) is 9.90 Å². The molecule has 0 aliphatic heterocycles. The molecular formula is C16H20N2O2S. The van der Waals surface area contributed by atoms with Crippen LogP contribution in [0.3, 0.4) is 0 Å². The molecule has 0 spiro atoms. The Morgan fingerprint density at radius 1 is 1.29 bits per heavy atom. The van der Waals surface area contributed by atoms with Crippen molar-refractivity contribution in [1.29, 1.82) is 0 Å². The monoisotopic (exact) mass is 304 g/mol. The Labute approximate surface area is 128 Å². The van der Waals surface area contributed by atoms with E-state index in [2.05, 4.69) is 22.8 Å². The van der Waals surface area contributed by atoms with Crippen molar-refractivity contribution in [3.8, 4) is 0 Å². The van der Waals surface area contributed by atoms with E-state index in [1.807, 2.05) is 29.6 Å². The lowest BCUT2D eigenvalue weighted by Gasteiger charge is -2.16. The minimum Gasteiger partial charge on any atom is -0.395 e. The van der Waals surface area contributed by atoms with Crippen LogP contribution in [0.25, 0.3) is 0 Å². The number of carbonyl (C=O) groups excluding carboxylic acids is 1. The van der Waals surface area contributed by atoms with E-state index in [1.54, 1.807) is 11.3 Å². The smallest absolute Gasteiger partial charge is 0.221 e. The molecule has 1 heterocycles. The van der Waals surface area contributed by atoms with Gasteiger partial charge in [-0.2, -0.15) is 0 Å². The normalized spacial score (nSPS) is 12.1. The van der Waals surface area contributed by atoms with E-state index in [1.165, 1.54) is 12.5 Å². The van der Waals surface area contributed by atoms with Gasteiger partial charge in [-0.3, -0.25) is 4.79 Å². The van der Waals surface area contributed by atoms with Gasteiger partial charge in [-0.1, -0.05) is 30.3 Å². The third kappa shape index (κ3) is 4.97. The molecule has 1 aromatic carbocycles. The number of aliphatic hydroxyl groups excluding tert-OH is 1. The lowest BCUT2D eigenvalue weighted by molar-refractivity contribution is -0.114. The Hall–Kier alpha value is -1.69. The maximum absolute atomic E-state index is 11.1. The lowest BCUT2D eigenvalue weighted by Crippen LogP contribution is -2.34. The molecule has 1 aromatic heterocycles. The van der Waals surface area contributed by atoms with Gasteiger partial charge in [0.2, 0.25) is 5.91 Å². The van der Waals surface area contributed by atoms with Crippen LogP contribution >= 0.6 is 11.3 Å². The first-order valence-corrected chi connectivity index (χ1v) is 7.79. The summed E-state index contributed by atoms with van der Waals surface area (Å²) in [5.74, 6) is -0.0716. The summed E-state index contributed by atoms with van der Waals surface area (Å²) in [4.78, 5) is 12.2. The summed E-state index contributed by atoms with van der Waals surface area (Å²) in [7, 11) is 0. The van der Waals surface area contributed by atoms with Crippen LogP contribution in [0.1, 0.15) is 17.4 Å². The predicted octanol–water partition coefficient (Wildman–Crippen LogP) is 2.40. The molecule has 0 fully saturated rings. The van der Waals surface area contributed by atoms with Crippen LogP contribution in [0.5, 0.6) is 0 Å². The van der Waals surface area contributed by atoms with Crippen LogP contribution in [0.4, 0.5) is 5.69 Å². The zero-order valence-electron chi connectivity index (χ0n) is 12.0. The maximum Gasteiger partial charge on any atom is 0.221 e. The Morgan fingerprint density at radius 3 is 2.71 bits per heavy atom. The number of rotatable bonds is 7. The van der Waals surface area contributed by atoms with Crippen molar-refractivity contribution in [3.63, 3.8) is 0 Å². The topological polar surface area (TPSA) is 61.4 Å². The van der Waals surface area contributed by atoms with Gasteiger partial charge in [-0.25, -0.2) is 0 Å². The van der Waals surface area contributed by atoms with E-state index in [4.69, 9.17) is 0 Å². The first-order valence-electron chi connectivity index (χ1n) is 6.91. The fourth-order valence-corrected chi connectivity index (χ4v) is 2.90. The molecule has 0 saturated heterocycles. The van der Waals surface area contributed by atoms with Crippen molar-refractivity contribution in [3.05, 3.63) is 52.2 Å². The van der Waals surface area contributed by atoms with E-state index < -0.39 is 0 Å². The average Bonchev–Trinajstić information content (AvgIpc) is 2.91. The molecule has 0 aliphatic carbocycles. The van der Waals surface area contributed by atoms with Crippen molar-refractivity contribution < 1.29 is 9.90 Å². The fraction of sp³-hybridized carbons (Fsp3) is 0.312. The number of amides is 1. The van der Waals surface area contributed by atoms with E-state index in [0.717, 1.165) is 17.0 Å². The van der Waals surface area contributed by atoms with Gasteiger partial charge in [-0.05, 0) is 23.4 Å². The number of nitrogens with one attached hydrogen (secondary N) is 2. The quantitative estimate of drug-likeness (QED) is 0.736. The van der Waals surface area contributed by atoms with E-state index in [0.29, 0.717) is 6.54 Å². The standard InChI is InChI=1S/C16H20N2O2S/c1-12(20)18-15-7-8-21-16(15)10-17-14(11-19)9-13-5-3-2-4-6-13/h2-8,14,17,19H,9-11H2,1H3,(H,18,20)/t14-/m1/s1. The highest BCUT2D eigenvalue weighted by Gasteiger charge is 2.11. The molecule has 0 aliphatic rings. The highest BCUT2D eigenvalue weighted by atomic mass is 32.1. The van der Waals surface area contributed by atoms with Gasteiger partial charge >= 0.3 is 0 Å². The third-order valence-electron chi connectivity index (χ3n) is 3.15. The molecule has 1 amide bonds. The van der Waals surface area contributed by atoms with Crippen LogP contribution in [0.2, 0.25) is 0 Å². The highest BCUT2D eigenvalue weighted by molar-refractivity contribution is 7.10. The van der Waals surface area contributed by atoms with Crippen LogP contribution in [0.15, 0.2) is 41.8 Å². The maximum atomic E-state index is 11.1. The number of anilines is 1. The number of benzene rings is 1. The zero-order chi connectivity index (χ0) is 15.1. The molecule has 21 heavy (non-hydrogen) atoms. The molecule has 1 atom stereocenters. The van der Waals surface area contributed by atoms with Gasteiger partial charge < -0.3 is 15.7 Å². The first-order chi connectivity index (χ1) is 10.2. The Bertz CT molecular complexity index is 569. The second kappa shape index (κ2) is 7.93. The van der Waals surface area contributed by atoms with Gasteiger partial charge in [0.15, 0.2) is 0 Å². The van der Waals surface area contributed by atoms with Gasteiger partial charge in [0.1, 0.15) is 0 Å². The van der Waals surface area contributed by atoms with Crippen molar-refractivity contribution >= 4 is 22.9 Å². The number of aliphatic hydroxyl groups is 1. The summed E-state index contributed by atoms with van der Waals surface area (Å²) < 4.78 is 0. The summed E-state index contributed by atoms with van der Waals surface area (Å²) in [5, 5.41) is 17.6. The second-order valence-electron chi connectivity index (χ2n) is 4.89. The molecule has 0 unspecified atom stereocenters. The number of hydrogen-bond acceptors (Lipinski definition) is 4. The molecule has 2 aromatic rings. The number of carbonyl (C=O) groups is 1. The molecular weight excluding hydrogens is 284 g/mol. The van der Waals surface area contributed by atoms with Crippen molar-refractivity contribution in [2.45, 2.75) is 25.9 Å². The second-order valence-corrected chi connectivity index (χ2v) is 5.89. The van der Waals surface area contributed by atoms with Crippen LogP contribution in [0, 0.1) is 0 Å². The van der Waals surface area contributed by atoms with Crippen molar-refractivity contribution in [2.75, 3.05) is 11.9 Å². The van der Waals surface area contributed by atoms with Gasteiger partial charge in [0.25, 0.3) is 0 Å². The molecule has 5 heteroatoms. The van der Waals surface area contributed by atoms with Gasteiger partial charge in [0.05, 0.1) is 12.3 Å². The minimum absolute atomic E-state index is 0.000298. The van der Waals surface area contributed by atoms with Crippen LogP contribution < -0.4 is 10.6 Å². The summed E-state index contributed by atoms with van der Waals surface area (Å²) in [6.45, 7) is 2.21. The van der Waals surface area contributed by atoms with Crippen molar-refractivity contribution in [1.82, 2.24) is 5.32 Å². The van der Waals surface area contributed by atoms with E-state index >= 15 is 0 Å². The fourth-order valence-electron chi connectivity index (χ4n) is 2.12. The first kappa shape index (κ1) is 15.7. The number of hydrogen-bond donors (Lipinski definition) is 3. The Morgan fingerprint density at radius 2 is 2.05 bits per heavy atom. The van der Waals surface area contributed by atoms with Crippen LogP contribution in [-0.4, -0.2) is 23.7 Å². The summed E-state index contributed by atoms with van der Waals surface area (Å²) in [6.07, 6.45) is 0.776. The largest absolute Gasteiger partial charge is 0.395 e. The molecule has 3 N–H and O–H groups in total. The Balaban J connectivity index is 1.91. The highest BCUT2D eigenvalue weighted by Crippen LogP contribution is 2.22. The van der Waals surface area contributed by atoms with Gasteiger partial charge in [-0.15, -0.1) is 11.3 Å². The average molecular weight is 304 g/mol. The summed E-state index contributed by atoms with van der Waals surface area (Å²) in [6, 6.07) is 12.0. The van der Waals surface area contributed by atoms with Crippen molar-refractivity contribution in [2.24, 2.45) is 0 Å². The van der Waals surface area contributed by atoms with Crippen LogP contribution in [-0.2, 0) is 17.8 Å². The molecule has 0 bridgehead atoms. The minimum atomic E-state index is -0.0716. The summed E-state index contributed by atoms with van der Waals surface area (Å²) >= 11 is 1.59. The third-order valence-corrected chi connectivity index (χ3v) is 4.07. The van der Waals surface area contributed by atoms with Gasteiger partial charge in [0, 0.05) is 24.4 Å². The summed E-state index contributed by atoms with van der Waals surface area (Å²) in [5.41, 5.74) is 2.04. The molecule has 4 nitrogen and oxygen atoms in total. The SMILES string of the molecule is CC(=O)Nc1ccsc1CN[C@@H](CO)Cc1ccccc1. The molecule has 0 saturated carbocycles. The molecule has 112 valence electrons. The molecule has 2 rings (SSSR count). The Kier molecular flexibility index (Phi) is 5.92.